The molecule has 10 aromatic carbocycles. The van der Waals surface area contributed by atoms with Crippen molar-refractivity contribution in [3.05, 3.63) is 278 Å². The fourth-order valence-electron chi connectivity index (χ4n) is 12.9. The quantitative estimate of drug-likeness (QED) is 0.0650. The first-order chi connectivity index (χ1) is 46.5. The highest BCUT2D eigenvalue weighted by Crippen LogP contribution is 2.41. The van der Waals surface area contributed by atoms with Crippen LogP contribution < -0.4 is 0 Å². The third-order valence-electron chi connectivity index (χ3n) is 17.2. The van der Waals surface area contributed by atoms with Gasteiger partial charge in [0.05, 0.1) is 48.1 Å². The minimum absolute atomic E-state index is 0.0100. The molecule has 0 spiro atoms. The van der Waals surface area contributed by atoms with Crippen LogP contribution in [0.2, 0.25) is 0 Å². The van der Waals surface area contributed by atoms with Crippen molar-refractivity contribution in [1.29, 1.82) is 10.5 Å². The normalized spacial score (nSPS) is 16.2. The number of aryl methyl sites for hydroxylation is 3. The third kappa shape index (κ3) is 14.4. The second-order valence-electron chi connectivity index (χ2n) is 24.0. The van der Waals surface area contributed by atoms with Gasteiger partial charge in [0, 0.05) is 50.9 Å². The molecule has 3 heterocycles. The predicted molar refractivity (Wildman–Crippen MR) is 376 cm³/mol. The average molecular weight is 1300 g/mol. The highest BCUT2D eigenvalue weighted by atomic mass is 32.2. The number of carbonyl (C=O) groups is 7. The van der Waals surface area contributed by atoms with Crippen LogP contribution in [0.15, 0.2) is 209 Å². The molecular weight excluding hydrogens is 1240 g/mol. The van der Waals surface area contributed by atoms with Gasteiger partial charge in [-0.1, -0.05) is 164 Å². The summed E-state index contributed by atoms with van der Waals surface area (Å²) in [4.78, 5) is 87.1. The summed E-state index contributed by atoms with van der Waals surface area (Å²) in [6, 6.07) is 65.0. The van der Waals surface area contributed by atoms with Gasteiger partial charge in [0.1, 0.15) is 23.6 Å². The van der Waals surface area contributed by atoms with Gasteiger partial charge in [0.15, 0.2) is 28.9 Å². The monoisotopic (exact) mass is 1300 g/mol. The number of carbonyl (C=O) groups excluding carboxylic acids is 7. The third-order valence-corrected chi connectivity index (χ3v) is 19.4. The van der Waals surface area contributed by atoms with Gasteiger partial charge in [-0.3, -0.25) is 33.6 Å². The van der Waals surface area contributed by atoms with E-state index in [1.807, 2.05) is 97.1 Å². The largest absolute Gasteiger partial charge is 0.507 e. The Bertz CT molecular complexity index is 5060. The molecule has 1 fully saturated rings. The number of hydrogen-bond donors (Lipinski definition) is 1. The van der Waals surface area contributed by atoms with E-state index in [0.717, 1.165) is 91.5 Å². The van der Waals surface area contributed by atoms with Crippen molar-refractivity contribution in [2.75, 3.05) is 11.5 Å². The standard InChI is InChI=1S/2C16H10N2.C13H8O2.C13H10O.C8H6O2S.C8H6OS.C7H10O3/c1-18-15(10-17)13-9-8-12-5-2-4-11-6-3-7-14(13)16(11)12;1-18-16(10-17)14-7-6-13-8-11-4-2-3-5-12(11)9-15(13)14;14-11-7-12(15)10-6-2-4-8-3-1-5-9(11)13(8)10;14-12-8-7-10-4-1-3-9-5-2-6-11(12)13(9)10;9-6-3-1-2-5-7(10)4-11-8(5)6;9-7-5-10-8-4-2-1-3-6(7)8;1-7(2)4-5(8)3-6(9)10-7/h2-7H,8-9H2;2-5,8-9H,6-7H2;1-6H,7H2;1-6H,7-8H2;1-3,9H,4H2;1-4H,5H2;3-4H2,1-2H3/b15-13-;16-14+;;;;;. The molecule has 0 radical (unpaired) electrons. The van der Waals surface area contributed by atoms with Crippen molar-refractivity contribution in [1.82, 2.24) is 0 Å². The fraction of sp³-hybridized carbons (Fsp3) is 0.173. The van der Waals surface area contributed by atoms with Crippen molar-refractivity contribution >= 4 is 118 Å². The number of nitrogens with zero attached hydrogens (tertiary/aromatic N) is 4. The summed E-state index contributed by atoms with van der Waals surface area (Å²) < 4.78 is 4.88. The van der Waals surface area contributed by atoms with Gasteiger partial charge < -0.3 is 9.84 Å². The first-order valence-corrected chi connectivity index (χ1v) is 33.1. The lowest BCUT2D eigenvalue weighted by Crippen LogP contribution is -2.37. The van der Waals surface area contributed by atoms with Crippen LogP contribution >= 0.6 is 23.5 Å². The Balaban J connectivity index is 0.000000115. The maximum Gasteiger partial charge on any atom is 0.313 e. The molecule has 470 valence electrons. The molecule has 1 N–H and O–H groups in total. The maximum atomic E-state index is 11.7. The molecule has 3 aliphatic heterocycles. The number of benzene rings is 10. The zero-order valence-corrected chi connectivity index (χ0v) is 54.1. The number of fused-ring (bicyclic) bond motifs is 4. The molecule has 13 nitrogen and oxygen atoms in total. The van der Waals surface area contributed by atoms with Crippen LogP contribution in [-0.2, 0) is 33.6 Å². The number of Topliss-reactive ketones (excluding diaryl/α,β-unsaturated/α-hetero) is 6. The number of phenols is 1. The molecule has 15 heteroatoms. The number of hydrogen-bond acceptors (Lipinski definition) is 13. The maximum absolute atomic E-state index is 11.7. The van der Waals surface area contributed by atoms with E-state index >= 15 is 0 Å². The van der Waals surface area contributed by atoms with Gasteiger partial charge in [-0.25, -0.2) is 20.2 Å². The number of cyclic esters (lactones) is 1. The van der Waals surface area contributed by atoms with Crippen LogP contribution in [0.4, 0.5) is 0 Å². The van der Waals surface area contributed by atoms with Crippen molar-refractivity contribution in [2.45, 2.75) is 87.0 Å². The Kier molecular flexibility index (Phi) is 20.2. The zero-order chi connectivity index (χ0) is 67.6. The Labute approximate surface area is 563 Å². The van der Waals surface area contributed by atoms with Gasteiger partial charge in [-0.15, -0.1) is 23.5 Å². The summed E-state index contributed by atoms with van der Waals surface area (Å²) in [5.74, 6) is 1.41. The van der Waals surface area contributed by atoms with E-state index in [1.165, 1.54) is 55.4 Å². The second-order valence-corrected chi connectivity index (χ2v) is 26.0. The SMILES string of the molecule is CC1(C)CC(=O)CC(=O)O1.O=C1CC(=O)c2cccc3cccc1c23.O=C1CCc2cccc3cccc1c23.O=C1CSc2c(O)cccc21.O=C1CSc2ccccc21.[C-]#[N+]/C(C#N)=C1/CCc2cccc3cccc1c23.[C-]#[N+]/C(C#N)=C1\CCc2cc3ccccc3cc21. The van der Waals surface area contributed by atoms with Gasteiger partial charge >= 0.3 is 5.97 Å². The Morgan fingerprint density at radius 2 is 0.896 bits per heavy atom. The lowest BCUT2D eigenvalue weighted by Gasteiger charge is -2.27. The summed E-state index contributed by atoms with van der Waals surface area (Å²) in [7, 11) is 0. The molecule has 17 rings (SSSR count). The first kappa shape index (κ1) is 66.1. The summed E-state index contributed by atoms with van der Waals surface area (Å²) >= 11 is 3.03. The minimum Gasteiger partial charge on any atom is -0.507 e. The molecule has 0 unspecified atom stereocenters. The molecule has 1 saturated heterocycles. The van der Waals surface area contributed by atoms with E-state index in [2.05, 4.69) is 82.5 Å². The molecule has 0 saturated carbocycles. The Hall–Kier alpha value is -11.3. The van der Waals surface area contributed by atoms with Crippen molar-refractivity contribution in [3.63, 3.8) is 0 Å². The fourth-order valence-corrected chi connectivity index (χ4v) is 14.8. The van der Waals surface area contributed by atoms with E-state index in [-0.39, 0.29) is 64.7 Å². The van der Waals surface area contributed by atoms with Gasteiger partial charge in [-0.2, -0.15) is 0 Å². The molecule has 0 amide bonds. The van der Waals surface area contributed by atoms with Gasteiger partial charge in [0.2, 0.25) is 0 Å². The van der Waals surface area contributed by atoms with E-state index in [4.69, 9.17) is 28.4 Å². The van der Waals surface area contributed by atoms with Crippen molar-refractivity contribution < 1.29 is 43.4 Å². The highest BCUT2D eigenvalue weighted by Gasteiger charge is 2.33. The van der Waals surface area contributed by atoms with Crippen LogP contribution in [0.1, 0.15) is 132 Å². The predicted octanol–water partition coefficient (Wildman–Crippen LogP) is 17.8. The van der Waals surface area contributed by atoms with Gasteiger partial charge in [0.25, 0.3) is 11.4 Å². The zero-order valence-electron chi connectivity index (χ0n) is 52.5. The van der Waals surface area contributed by atoms with E-state index in [1.54, 1.807) is 55.9 Å². The summed E-state index contributed by atoms with van der Waals surface area (Å²) in [6.07, 6.45) is 5.28. The number of esters is 1. The van der Waals surface area contributed by atoms with E-state index in [9.17, 15) is 38.7 Å². The molecule has 7 aliphatic rings. The van der Waals surface area contributed by atoms with Crippen LogP contribution in [0.5, 0.6) is 5.75 Å². The topological polar surface area (TPSA) is 205 Å². The number of ketones is 6. The van der Waals surface area contributed by atoms with Crippen LogP contribution in [0.3, 0.4) is 0 Å². The Morgan fingerprint density at radius 3 is 1.46 bits per heavy atom. The average Bonchev–Trinajstić information content (AvgIpc) is 1.46. The number of allylic oxidation sites excluding steroid dienone is 4. The number of nitriles is 2. The molecule has 0 bridgehead atoms. The Morgan fingerprint density at radius 1 is 0.448 bits per heavy atom. The van der Waals surface area contributed by atoms with Crippen LogP contribution in [-0.4, -0.2) is 62.9 Å². The number of rotatable bonds is 0. The number of ether oxygens (including phenoxy) is 1. The number of phenolic OH excluding ortho intramolecular Hbond substituents is 1. The van der Waals surface area contributed by atoms with Gasteiger partial charge in [-0.05, 0) is 147 Å². The summed E-state index contributed by atoms with van der Waals surface area (Å²) in [6.45, 7) is 17.7. The van der Waals surface area contributed by atoms with Crippen molar-refractivity contribution in [3.8, 4) is 17.9 Å². The minimum atomic E-state index is -0.577. The molecule has 0 atom stereocenters. The molecule has 10 aromatic rings. The first-order valence-electron chi connectivity index (χ1n) is 31.1. The van der Waals surface area contributed by atoms with Crippen molar-refractivity contribution in [2.24, 2.45) is 0 Å². The summed E-state index contributed by atoms with van der Waals surface area (Å²) in [5.41, 5.74) is 11.6. The molecule has 4 aliphatic carbocycles. The second kappa shape index (κ2) is 29.3. The summed E-state index contributed by atoms with van der Waals surface area (Å²) in [5, 5.41) is 36.3. The molecular formula is C81H60N4O9S2. The van der Waals surface area contributed by atoms with E-state index < -0.39 is 11.6 Å². The van der Waals surface area contributed by atoms with Crippen LogP contribution in [0, 0.1) is 35.8 Å². The lowest BCUT2D eigenvalue weighted by atomic mass is 9.84. The molecule has 96 heavy (non-hydrogen) atoms. The number of thioether (sulfide) groups is 2. The smallest absolute Gasteiger partial charge is 0.313 e. The molecule has 0 aromatic heterocycles. The lowest BCUT2D eigenvalue weighted by molar-refractivity contribution is -0.166. The van der Waals surface area contributed by atoms with Crippen LogP contribution in [0.25, 0.3) is 63.9 Å². The highest BCUT2D eigenvalue weighted by molar-refractivity contribution is 8.00. The number of aromatic hydroxyl groups is 1. The van der Waals surface area contributed by atoms with E-state index in [0.29, 0.717) is 41.0 Å².